The van der Waals surface area contributed by atoms with E-state index in [0.29, 0.717) is 12.8 Å². The van der Waals surface area contributed by atoms with Crippen LogP contribution >= 0.6 is 0 Å². The lowest BCUT2D eigenvalue weighted by Gasteiger charge is -2.27. The fraction of sp³-hybridized carbons (Fsp3) is 0.500. The summed E-state index contributed by atoms with van der Waals surface area (Å²) in [6.07, 6.45) is 2.03. The van der Waals surface area contributed by atoms with Crippen molar-refractivity contribution in [3.63, 3.8) is 0 Å². The topological polar surface area (TPSA) is 72.6 Å². The number of hydrogen-bond donors (Lipinski definition) is 1. The second-order valence-electron chi connectivity index (χ2n) is 4.38. The van der Waals surface area contributed by atoms with E-state index in [1.165, 1.54) is 6.07 Å². The van der Waals surface area contributed by atoms with Crippen LogP contribution in [0.5, 0.6) is 5.75 Å². The maximum absolute atomic E-state index is 13.0. The molecule has 5 nitrogen and oxygen atoms in total. The number of hydrogen-bond acceptors (Lipinski definition) is 4. The summed E-state index contributed by atoms with van der Waals surface area (Å²) in [4.78, 5) is 10.1. The van der Waals surface area contributed by atoms with Crippen molar-refractivity contribution in [2.45, 2.75) is 37.9 Å². The van der Waals surface area contributed by atoms with Gasteiger partial charge in [0.1, 0.15) is 11.9 Å². The van der Waals surface area contributed by atoms with E-state index >= 15 is 0 Å². The van der Waals surface area contributed by atoms with E-state index in [0.717, 1.165) is 25.0 Å². The molecule has 0 heterocycles. The molecular weight excluding hydrogens is 241 g/mol. The molecule has 0 aromatic heterocycles. The maximum atomic E-state index is 13.0. The molecule has 1 aliphatic rings. The van der Waals surface area contributed by atoms with Crippen LogP contribution in [-0.2, 0) is 0 Å². The molecule has 1 N–H and O–H groups in total. The normalized spacial score (nSPS) is 23.7. The molecule has 6 heteroatoms. The Balaban J connectivity index is 2.20. The number of halogens is 1. The summed E-state index contributed by atoms with van der Waals surface area (Å²) < 4.78 is 18.4. The second-order valence-corrected chi connectivity index (χ2v) is 4.38. The van der Waals surface area contributed by atoms with Crippen molar-refractivity contribution in [1.29, 1.82) is 0 Å². The monoisotopic (exact) mass is 255 g/mol. The van der Waals surface area contributed by atoms with Gasteiger partial charge in [0.2, 0.25) is 0 Å². The predicted octanol–water partition coefficient (Wildman–Crippen LogP) is 2.42. The Morgan fingerprint density at radius 2 is 2.11 bits per heavy atom. The van der Waals surface area contributed by atoms with Crippen LogP contribution < -0.4 is 4.74 Å². The van der Waals surface area contributed by atoms with Crippen molar-refractivity contribution in [2.75, 3.05) is 0 Å². The summed E-state index contributed by atoms with van der Waals surface area (Å²) in [7, 11) is 0. The largest absolute Gasteiger partial charge is 0.481 e. The van der Waals surface area contributed by atoms with Crippen LogP contribution in [0.2, 0.25) is 0 Å². The highest BCUT2D eigenvalue weighted by atomic mass is 19.1. The van der Waals surface area contributed by atoms with E-state index in [2.05, 4.69) is 0 Å². The Labute approximate surface area is 103 Å². The zero-order valence-electron chi connectivity index (χ0n) is 9.71. The van der Waals surface area contributed by atoms with Crippen molar-refractivity contribution < 1.29 is 19.2 Å². The molecule has 0 amide bonds. The number of ether oxygens (including phenoxy) is 1. The summed E-state index contributed by atoms with van der Waals surface area (Å²) in [5.74, 6) is -0.675. The molecule has 2 atom stereocenters. The molecule has 1 aromatic carbocycles. The Morgan fingerprint density at radius 3 is 2.78 bits per heavy atom. The Morgan fingerprint density at radius 1 is 1.39 bits per heavy atom. The van der Waals surface area contributed by atoms with Crippen LogP contribution in [0.1, 0.15) is 25.7 Å². The smallest absolute Gasteiger partial charge is 0.313 e. The van der Waals surface area contributed by atoms with Gasteiger partial charge in [0, 0.05) is 0 Å². The third-order valence-electron chi connectivity index (χ3n) is 3.06. The summed E-state index contributed by atoms with van der Waals surface area (Å²) in [6.45, 7) is 0. The number of benzene rings is 1. The van der Waals surface area contributed by atoms with Gasteiger partial charge < -0.3 is 9.84 Å². The molecule has 0 aliphatic heterocycles. The van der Waals surface area contributed by atoms with E-state index in [4.69, 9.17) is 4.74 Å². The average Bonchev–Trinajstić information content (AvgIpc) is 2.34. The summed E-state index contributed by atoms with van der Waals surface area (Å²) in [5, 5.41) is 20.5. The number of aliphatic hydroxyl groups is 1. The van der Waals surface area contributed by atoms with Crippen molar-refractivity contribution in [3.8, 4) is 5.75 Å². The zero-order chi connectivity index (χ0) is 13.1. The maximum Gasteiger partial charge on any atom is 0.313 e. The molecule has 0 bridgehead atoms. The first-order valence-corrected chi connectivity index (χ1v) is 5.86. The van der Waals surface area contributed by atoms with Crippen molar-refractivity contribution in [3.05, 3.63) is 34.1 Å². The summed E-state index contributed by atoms with van der Waals surface area (Å²) in [5.41, 5.74) is -0.409. The second kappa shape index (κ2) is 5.30. The minimum Gasteiger partial charge on any atom is -0.481 e. The van der Waals surface area contributed by atoms with Gasteiger partial charge in [-0.05, 0) is 31.4 Å². The summed E-state index contributed by atoms with van der Waals surface area (Å²) in [6, 6.07) is 3.16. The molecular formula is C12H14FNO4. The van der Waals surface area contributed by atoms with Crippen molar-refractivity contribution >= 4 is 5.69 Å². The van der Waals surface area contributed by atoms with E-state index in [9.17, 15) is 19.6 Å². The zero-order valence-corrected chi connectivity index (χ0v) is 9.71. The first-order valence-electron chi connectivity index (χ1n) is 5.86. The third kappa shape index (κ3) is 2.76. The lowest BCUT2D eigenvalue weighted by molar-refractivity contribution is -0.386. The molecule has 1 aromatic rings. The van der Waals surface area contributed by atoms with Gasteiger partial charge in [0.05, 0.1) is 17.1 Å². The molecule has 18 heavy (non-hydrogen) atoms. The van der Waals surface area contributed by atoms with Crippen molar-refractivity contribution in [2.24, 2.45) is 0 Å². The highest BCUT2D eigenvalue weighted by Gasteiger charge is 2.27. The number of aliphatic hydroxyl groups excluding tert-OH is 1. The van der Waals surface area contributed by atoms with Crippen LogP contribution in [0, 0.1) is 15.9 Å². The number of nitro benzene ring substituents is 1. The van der Waals surface area contributed by atoms with Crippen LogP contribution in [0.3, 0.4) is 0 Å². The fourth-order valence-electron chi connectivity index (χ4n) is 2.11. The first-order chi connectivity index (χ1) is 8.58. The molecule has 1 saturated carbocycles. The van der Waals surface area contributed by atoms with Gasteiger partial charge in [-0.2, -0.15) is 0 Å². The molecule has 98 valence electrons. The Kier molecular flexibility index (Phi) is 3.76. The highest BCUT2D eigenvalue weighted by molar-refractivity contribution is 5.46. The molecule has 0 radical (unpaired) electrons. The molecule has 0 spiro atoms. The number of nitrogens with zero attached hydrogens (tertiary/aromatic N) is 1. The van der Waals surface area contributed by atoms with E-state index < -0.39 is 28.6 Å². The third-order valence-corrected chi connectivity index (χ3v) is 3.06. The Bertz CT molecular complexity index is 452. The van der Waals surface area contributed by atoms with E-state index in [1.54, 1.807) is 0 Å². The van der Waals surface area contributed by atoms with Crippen LogP contribution in [0.4, 0.5) is 10.1 Å². The molecule has 0 unspecified atom stereocenters. The highest BCUT2D eigenvalue weighted by Crippen LogP contribution is 2.31. The van der Waals surface area contributed by atoms with Gasteiger partial charge in [-0.3, -0.25) is 10.1 Å². The number of nitro groups is 1. The molecule has 1 aliphatic carbocycles. The lowest BCUT2D eigenvalue weighted by atomic mass is 9.95. The average molecular weight is 255 g/mol. The number of rotatable bonds is 3. The van der Waals surface area contributed by atoms with Crippen LogP contribution in [-0.4, -0.2) is 22.2 Å². The SMILES string of the molecule is O=[N+]([O-])c1cc(F)ccc1O[C@@H]1CCCC[C@H]1O. The van der Waals surface area contributed by atoms with Gasteiger partial charge in [0.15, 0.2) is 5.75 Å². The molecule has 1 fully saturated rings. The van der Waals surface area contributed by atoms with Gasteiger partial charge in [-0.1, -0.05) is 6.42 Å². The van der Waals surface area contributed by atoms with E-state index in [1.807, 2.05) is 0 Å². The summed E-state index contributed by atoms with van der Waals surface area (Å²) >= 11 is 0. The van der Waals surface area contributed by atoms with Gasteiger partial charge in [-0.15, -0.1) is 0 Å². The minimum absolute atomic E-state index is 0.00681. The van der Waals surface area contributed by atoms with Crippen LogP contribution in [0.25, 0.3) is 0 Å². The van der Waals surface area contributed by atoms with Crippen molar-refractivity contribution in [1.82, 2.24) is 0 Å². The quantitative estimate of drug-likeness (QED) is 0.665. The van der Waals surface area contributed by atoms with Gasteiger partial charge in [-0.25, -0.2) is 4.39 Å². The van der Waals surface area contributed by atoms with Gasteiger partial charge in [0.25, 0.3) is 0 Å². The standard InChI is InChI=1S/C12H14FNO4/c13-8-5-6-11(9(7-8)14(16)17)18-12-4-2-1-3-10(12)15/h5-7,10,12,15H,1-4H2/t10-,12-/m1/s1. The van der Waals surface area contributed by atoms with E-state index in [-0.39, 0.29) is 5.75 Å². The molecule has 0 saturated heterocycles. The minimum atomic E-state index is -0.687. The molecule has 2 rings (SSSR count). The predicted molar refractivity (Wildman–Crippen MR) is 61.9 cm³/mol. The lowest BCUT2D eigenvalue weighted by Crippen LogP contribution is -2.34. The van der Waals surface area contributed by atoms with Crippen LogP contribution in [0.15, 0.2) is 18.2 Å². The van der Waals surface area contributed by atoms with Gasteiger partial charge >= 0.3 is 5.69 Å². The first kappa shape index (κ1) is 12.8. The Hall–Kier alpha value is -1.69. The fourth-order valence-corrected chi connectivity index (χ4v) is 2.11.